The molecule has 1 atom stereocenters. The molecule has 1 unspecified atom stereocenters. The molecule has 1 saturated heterocycles. The first-order valence-corrected chi connectivity index (χ1v) is 7.32. The van der Waals surface area contributed by atoms with Crippen molar-refractivity contribution in [2.75, 3.05) is 33.0 Å². The summed E-state index contributed by atoms with van der Waals surface area (Å²) < 4.78 is 10.8. The van der Waals surface area contributed by atoms with Gasteiger partial charge in [0.25, 0.3) is 5.91 Å². The normalized spacial score (nSPS) is 18.9. The second-order valence-electron chi connectivity index (χ2n) is 5.51. The van der Waals surface area contributed by atoms with Crippen LogP contribution < -0.4 is 4.74 Å². The molecule has 21 heavy (non-hydrogen) atoms. The summed E-state index contributed by atoms with van der Waals surface area (Å²) in [5.41, 5.74) is 1.24. The summed E-state index contributed by atoms with van der Waals surface area (Å²) in [7, 11) is 0. The second-order valence-corrected chi connectivity index (χ2v) is 5.51. The van der Waals surface area contributed by atoms with Gasteiger partial charge in [-0.05, 0) is 23.6 Å². The van der Waals surface area contributed by atoms with Crippen molar-refractivity contribution in [3.63, 3.8) is 0 Å². The van der Waals surface area contributed by atoms with Crippen LogP contribution in [0.15, 0.2) is 24.3 Å². The van der Waals surface area contributed by atoms with E-state index in [-0.39, 0.29) is 25.2 Å². The van der Waals surface area contributed by atoms with Crippen LogP contribution in [0.3, 0.4) is 0 Å². The Morgan fingerprint density at radius 2 is 2.14 bits per heavy atom. The van der Waals surface area contributed by atoms with E-state index in [0.29, 0.717) is 31.4 Å². The highest BCUT2D eigenvalue weighted by atomic mass is 16.5. The van der Waals surface area contributed by atoms with Gasteiger partial charge in [-0.3, -0.25) is 4.79 Å². The first-order chi connectivity index (χ1) is 10.1. The molecule has 0 aliphatic carbocycles. The van der Waals surface area contributed by atoms with Crippen LogP contribution in [-0.2, 0) is 9.53 Å². The minimum atomic E-state index is -0.266. The Kier molecular flexibility index (Phi) is 5.59. The summed E-state index contributed by atoms with van der Waals surface area (Å²) in [4.78, 5) is 13.8. The van der Waals surface area contributed by atoms with Gasteiger partial charge in [-0.1, -0.05) is 26.0 Å². The highest BCUT2D eigenvalue weighted by molar-refractivity contribution is 5.78. The molecule has 1 aliphatic heterocycles. The number of benzene rings is 1. The van der Waals surface area contributed by atoms with Crippen LogP contribution in [0.25, 0.3) is 0 Å². The fourth-order valence-corrected chi connectivity index (χ4v) is 2.31. The van der Waals surface area contributed by atoms with Gasteiger partial charge in [-0.2, -0.15) is 0 Å². The van der Waals surface area contributed by atoms with E-state index < -0.39 is 0 Å². The van der Waals surface area contributed by atoms with Crippen molar-refractivity contribution < 1.29 is 19.4 Å². The number of ether oxygens (including phenoxy) is 2. The number of carbonyl (C=O) groups excluding carboxylic acids is 1. The maximum absolute atomic E-state index is 12.2. The maximum atomic E-state index is 12.2. The van der Waals surface area contributed by atoms with E-state index in [9.17, 15) is 9.90 Å². The number of rotatable bonds is 5. The predicted molar refractivity (Wildman–Crippen MR) is 79.4 cm³/mol. The average Bonchev–Trinajstić information content (AvgIpc) is 2.52. The Hall–Kier alpha value is -1.59. The summed E-state index contributed by atoms with van der Waals surface area (Å²) >= 11 is 0. The molecule has 5 heteroatoms. The lowest BCUT2D eigenvalue weighted by atomic mass is 10.0. The van der Waals surface area contributed by atoms with Gasteiger partial charge >= 0.3 is 0 Å². The van der Waals surface area contributed by atoms with Gasteiger partial charge in [0, 0.05) is 6.54 Å². The van der Waals surface area contributed by atoms with Crippen LogP contribution in [0, 0.1) is 0 Å². The van der Waals surface area contributed by atoms with Gasteiger partial charge in [-0.15, -0.1) is 0 Å². The minimum absolute atomic E-state index is 0.0163. The molecule has 0 bridgehead atoms. The Bertz CT molecular complexity index is 458. The average molecular weight is 293 g/mol. The lowest BCUT2D eigenvalue weighted by molar-refractivity contribution is -0.143. The molecule has 1 amide bonds. The number of nitrogens with zero attached hydrogens (tertiary/aromatic N) is 1. The summed E-state index contributed by atoms with van der Waals surface area (Å²) in [6.07, 6.45) is 0. The van der Waals surface area contributed by atoms with Crippen molar-refractivity contribution in [2.45, 2.75) is 25.8 Å². The Balaban J connectivity index is 1.88. The van der Waals surface area contributed by atoms with E-state index in [1.54, 1.807) is 4.90 Å². The van der Waals surface area contributed by atoms with E-state index in [0.717, 1.165) is 0 Å². The van der Waals surface area contributed by atoms with Crippen LogP contribution in [0.2, 0.25) is 0 Å². The molecule has 116 valence electrons. The van der Waals surface area contributed by atoms with Gasteiger partial charge in [0.15, 0.2) is 6.61 Å². The van der Waals surface area contributed by atoms with Crippen molar-refractivity contribution in [1.82, 2.24) is 4.90 Å². The highest BCUT2D eigenvalue weighted by Gasteiger charge is 2.26. The fourth-order valence-electron chi connectivity index (χ4n) is 2.31. The number of carbonyl (C=O) groups is 1. The van der Waals surface area contributed by atoms with Crippen molar-refractivity contribution >= 4 is 5.91 Å². The van der Waals surface area contributed by atoms with Crippen molar-refractivity contribution in [3.05, 3.63) is 29.8 Å². The molecule has 1 N–H and O–H groups in total. The topological polar surface area (TPSA) is 59.0 Å². The van der Waals surface area contributed by atoms with E-state index in [1.165, 1.54) is 5.56 Å². The zero-order chi connectivity index (χ0) is 15.2. The first kappa shape index (κ1) is 15.8. The van der Waals surface area contributed by atoms with Gasteiger partial charge in [0.1, 0.15) is 5.75 Å². The minimum Gasteiger partial charge on any atom is -0.484 e. The van der Waals surface area contributed by atoms with Gasteiger partial charge in [0.2, 0.25) is 0 Å². The van der Waals surface area contributed by atoms with Crippen molar-refractivity contribution in [2.24, 2.45) is 0 Å². The van der Waals surface area contributed by atoms with E-state index in [2.05, 4.69) is 13.8 Å². The first-order valence-electron chi connectivity index (χ1n) is 7.32. The standard InChI is InChI=1S/C16H23NO4/c1-12(2)13-3-5-15(6-4-13)21-11-16(19)17-7-8-20-10-14(17)9-18/h3-6,12,14,18H,7-11H2,1-2H3. The van der Waals surface area contributed by atoms with Crippen LogP contribution in [0.1, 0.15) is 25.3 Å². The molecule has 0 radical (unpaired) electrons. The number of amides is 1. The number of hydrogen-bond donors (Lipinski definition) is 1. The lowest BCUT2D eigenvalue weighted by Gasteiger charge is -2.34. The summed E-state index contributed by atoms with van der Waals surface area (Å²) in [6, 6.07) is 7.51. The Labute approximate surface area is 125 Å². The van der Waals surface area contributed by atoms with Gasteiger partial charge in [0.05, 0.1) is 25.9 Å². The van der Waals surface area contributed by atoms with Gasteiger partial charge in [-0.25, -0.2) is 0 Å². The fraction of sp³-hybridized carbons (Fsp3) is 0.562. The molecule has 1 aromatic rings. The second kappa shape index (κ2) is 7.43. The molecule has 1 aliphatic rings. The smallest absolute Gasteiger partial charge is 0.260 e. The SMILES string of the molecule is CC(C)c1ccc(OCC(=O)N2CCOCC2CO)cc1. The molecule has 0 aromatic heterocycles. The predicted octanol–water partition coefficient (Wildman–Crippen LogP) is 1.41. The zero-order valence-electron chi connectivity index (χ0n) is 12.6. The highest BCUT2D eigenvalue weighted by Crippen LogP contribution is 2.18. The largest absolute Gasteiger partial charge is 0.484 e. The molecular formula is C16H23NO4. The third-order valence-electron chi connectivity index (χ3n) is 3.67. The molecule has 0 spiro atoms. The van der Waals surface area contributed by atoms with Crippen LogP contribution in [-0.4, -0.2) is 54.9 Å². The molecule has 1 heterocycles. The Morgan fingerprint density at radius 3 is 2.76 bits per heavy atom. The van der Waals surface area contributed by atoms with Gasteiger partial charge < -0.3 is 19.5 Å². The van der Waals surface area contributed by atoms with Crippen molar-refractivity contribution in [3.8, 4) is 5.75 Å². The number of aliphatic hydroxyl groups excluding tert-OH is 1. The molecule has 1 aromatic carbocycles. The third kappa shape index (κ3) is 4.19. The van der Waals surface area contributed by atoms with Crippen LogP contribution in [0.5, 0.6) is 5.75 Å². The summed E-state index contributed by atoms with van der Waals surface area (Å²) in [5, 5.41) is 9.26. The van der Waals surface area contributed by atoms with E-state index >= 15 is 0 Å². The lowest BCUT2D eigenvalue weighted by Crippen LogP contribution is -2.51. The number of aliphatic hydroxyl groups is 1. The molecule has 2 rings (SSSR count). The maximum Gasteiger partial charge on any atom is 0.260 e. The number of hydrogen-bond acceptors (Lipinski definition) is 4. The molecule has 5 nitrogen and oxygen atoms in total. The van der Waals surface area contributed by atoms with E-state index in [4.69, 9.17) is 9.47 Å². The summed E-state index contributed by atoms with van der Waals surface area (Å²) in [6.45, 7) is 5.54. The van der Waals surface area contributed by atoms with E-state index in [1.807, 2.05) is 24.3 Å². The molecule has 0 saturated carbocycles. The number of morpholine rings is 1. The quantitative estimate of drug-likeness (QED) is 0.892. The van der Waals surface area contributed by atoms with Crippen molar-refractivity contribution in [1.29, 1.82) is 0 Å². The van der Waals surface area contributed by atoms with Crippen LogP contribution >= 0.6 is 0 Å². The molecular weight excluding hydrogens is 270 g/mol. The summed E-state index contributed by atoms with van der Waals surface area (Å²) in [5.74, 6) is 1.03. The molecule has 1 fully saturated rings. The Morgan fingerprint density at radius 1 is 1.43 bits per heavy atom. The third-order valence-corrected chi connectivity index (χ3v) is 3.67. The zero-order valence-corrected chi connectivity index (χ0v) is 12.6. The monoisotopic (exact) mass is 293 g/mol. The van der Waals surface area contributed by atoms with Crippen LogP contribution in [0.4, 0.5) is 0 Å².